The van der Waals surface area contributed by atoms with Crippen LogP contribution >= 0.6 is 0 Å². The molecule has 0 aliphatic carbocycles. The molecule has 0 amide bonds. The third-order valence-corrected chi connectivity index (χ3v) is 4.16. The van der Waals surface area contributed by atoms with Crippen molar-refractivity contribution < 1.29 is 13.2 Å². The highest BCUT2D eigenvalue weighted by Gasteiger charge is 2.35. The zero-order chi connectivity index (χ0) is 19.9. The molecule has 0 aliphatic heterocycles. The second kappa shape index (κ2) is 6.42. The van der Waals surface area contributed by atoms with Crippen molar-refractivity contribution in [3.63, 3.8) is 0 Å². The van der Waals surface area contributed by atoms with Gasteiger partial charge < -0.3 is 4.57 Å². The number of benzene rings is 1. The Labute approximate surface area is 150 Å². The van der Waals surface area contributed by atoms with Crippen molar-refractivity contribution in [3.8, 4) is 5.69 Å². The van der Waals surface area contributed by atoms with E-state index in [-0.39, 0.29) is 17.8 Å². The standard InChI is InChI=1S/C18H14F3N3O3/c1-3-8-23-13-9-12(6-4-11(13)5-7-15(23)25)24-16(26)10-14(18(19,20)21)22(2)17(24)27/h3-7,9-10H,1,8H2,2H3. The summed E-state index contributed by atoms with van der Waals surface area (Å²) in [6, 6.07) is 7.74. The summed E-state index contributed by atoms with van der Waals surface area (Å²) in [6.45, 7) is 3.78. The fourth-order valence-electron chi connectivity index (χ4n) is 2.87. The van der Waals surface area contributed by atoms with Crippen LogP contribution in [0, 0.1) is 0 Å². The molecule has 0 aliphatic rings. The summed E-state index contributed by atoms with van der Waals surface area (Å²) in [7, 11) is 0.940. The third kappa shape index (κ3) is 3.12. The van der Waals surface area contributed by atoms with Crippen LogP contribution in [0.1, 0.15) is 5.69 Å². The van der Waals surface area contributed by atoms with Gasteiger partial charge >= 0.3 is 11.9 Å². The molecular formula is C18H14F3N3O3. The minimum absolute atomic E-state index is 0.0604. The number of fused-ring (bicyclic) bond motifs is 1. The number of pyridine rings is 1. The smallest absolute Gasteiger partial charge is 0.304 e. The minimum atomic E-state index is -4.83. The lowest BCUT2D eigenvalue weighted by atomic mass is 10.2. The van der Waals surface area contributed by atoms with E-state index in [1.165, 1.54) is 28.8 Å². The minimum Gasteiger partial charge on any atom is -0.304 e. The van der Waals surface area contributed by atoms with Crippen molar-refractivity contribution >= 4 is 10.9 Å². The van der Waals surface area contributed by atoms with Gasteiger partial charge in [-0.3, -0.25) is 14.2 Å². The molecule has 3 rings (SSSR count). The largest absolute Gasteiger partial charge is 0.431 e. The topological polar surface area (TPSA) is 66.0 Å². The third-order valence-electron chi connectivity index (χ3n) is 4.16. The first-order valence-electron chi connectivity index (χ1n) is 7.80. The predicted octanol–water partition coefficient (Wildman–Crippen LogP) is 2.06. The first-order valence-corrected chi connectivity index (χ1v) is 7.80. The molecular weight excluding hydrogens is 363 g/mol. The molecule has 6 nitrogen and oxygen atoms in total. The average Bonchev–Trinajstić information content (AvgIpc) is 2.60. The Bertz CT molecular complexity index is 1230. The number of hydrogen-bond donors (Lipinski definition) is 0. The van der Waals surface area contributed by atoms with E-state index in [0.717, 1.165) is 7.05 Å². The summed E-state index contributed by atoms with van der Waals surface area (Å²) >= 11 is 0. The lowest BCUT2D eigenvalue weighted by Gasteiger charge is -2.15. The van der Waals surface area contributed by atoms with Gasteiger partial charge in [0, 0.05) is 25.7 Å². The van der Waals surface area contributed by atoms with E-state index in [9.17, 15) is 27.6 Å². The molecule has 0 saturated heterocycles. The molecule has 1 aromatic carbocycles. The van der Waals surface area contributed by atoms with E-state index < -0.39 is 23.1 Å². The molecule has 2 heterocycles. The van der Waals surface area contributed by atoms with Crippen molar-refractivity contribution in [3.05, 3.63) is 85.9 Å². The Hall–Kier alpha value is -3.36. The maximum Gasteiger partial charge on any atom is 0.431 e. The summed E-state index contributed by atoms with van der Waals surface area (Å²) < 4.78 is 41.3. The van der Waals surface area contributed by atoms with Crippen LogP contribution in [-0.4, -0.2) is 13.7 Å². The fourth-order valence-corrected chi connectivity index (χ4v) is 2.87. The van der Waals surface area contributed by atoms with Gasteiger partial charge in [-0.15, -0.1) is 6.58 Å². The van der Waals surface area contributed by atoms with Crippen molar-refractivity contribution in [2.45, 2.75) is 12.7 Å². The molecule has 0 saturated carbocycles. The van der Waals surface area contributed by atoms with Crippen LogP contribution in [0.5, 0.6) is 0 Å². The van der Waals surface area contributed by atoms with Gasteiger partial charge in [0.05, 0.1) is 11.2 Å². The molecule has 0 unspecified atom stereocenters. The Morgan fingerprint density at radius 3 is 2.33 bits per heavy atom. The lowest BCUT2D eigenvalue weighted by Crippen LogP contribution is -2.40. The Balaban J connectivity index is 2.34. The molecule has 0 bridgehead atoms. The van der Waals surface area contributed by atoms with Gasteiger partial charge in [0.25, 0.3) is 11.1 Å². The van der Waals surface area contributed by atoms with Crippen molar-refractivity contribution in [2.75, 3.05) is 0 Å². The number of allylic oxidation sites excluding steroid dienone is 1. The van der Waals surface area contributed by atoms with E-state index >= 15 is 0 Å². The van der Waals surface area contributed by atoms with Gasteiger partial charge in [-0.2, -0.15) is 13.2 Å². The molecule has 27 heavy (non-hydrogen) atoms. The number of hydrogen-bond acceptors (Lipinski definition) is 3. The fraction of sp³-hybridized carbons (Fsp3) is 0.167. The molecule has 9 heteroatoms. The van der Waals surface area contributed by atoms with Crippen LogP contribution in [0.4, 0.5) is 13.2 Å². The van der Waals surface area contributed by atoms with Crippen LogP contribution in [0.3, 0.4) is 0 Å². The van der Waals surface area contributed by atoms with E-state index in [4.69, 9.17) is 0 Å². The van der Waals surface area contributed by atoms with Gasteiger partial charge in [0.1, 0.15) is 5.69 Å². The molecule has 3 aromatic rings. The normalized spacial score (nSPS) is 11.7. The quantitative estimate of drug-likeness (QED) is 0.657. The summed E-state index contributed by atoms with van der Waals surface area (Å²) in [5, 5.41) is 0.664. The maximum atomic E-state index is 13.0. The number of alkyl halides is 3. The highest BCUT2D eigenvalue weighted by molar-refractivity contribution is 5.81. The zero-order valence-corrected chi connectivity index (χ0v) is 14.2. The Morgan fingerprint density at radius 2 is 1.70 bits per heavy atom. The SMILES string of the molecule is C=CCn1c(=O)ccc2ccc(-n3c(=O)cc(C(F)(F)F)n(C)c3=O)cc21. The number of nitrogens with zero attached hydrogens (tertiary/aromatic N) is 3. The maximum absolute atomic E-state index is 13.0. The van der Waals surface area contributed by atoms with Gasteiger partial charge in [-0.1, -0.05) is 12.1 Å². The lowest BCUT2D eigenvalue weighted by molar-refractivity contribution is -0.144. The first-order chi connectivity index (χ1) is 12.6. The van der Waals surface area contributed by atoms with Gasteiger partial charge in [0.15, 0.2) is 0 Å². The van der Waals surface area contributed by atoms with E-state index in [1.54, 1.807) is 12.1 Å². The summed E-state index contributed by atoms with van der Waals surface area (Å²) in [5.74, 6) is 0. The van der Waals surface area contributed by atoms with E-state index in [2.05, 4.69) is 6.58 Å². The number of halogens is 3. The van der Waals surface area contributed by atoms with Crippen LogP contribution < -0.4 is 16.8 Å². The molecule has 2 aromatic heterocycles. The monoisotopic (exact) mass is 377 g/mol. The van der Waals surface area contributed by atoms with Crippen LogP contribution in [0.2, 0.25) is 0 Å². The van der Waals surface area contributed by atoms with Gasteiger partial charge in [-0.25, -0.2) is 9.36 Å². The van der Waals surface area contributed by atoms with Gasteiger partial charge in [-0.05, 0) is 23.6 Å². The highest BCUT2D eigenvalue weighted by atomic mass is 19.4. The summed E-state index contributed by atoms with van der Waals surface area (Å²) in [4.78, 5) is 36.7. The zero-order valence-electron chi connectivity index (χ0n) is 14.2. The van der Waals surface area contributed by atoms with E-state index in [1.807, 2.05) is 0 Å². The Kier molecular flexibility index (Phi) is 4.38. The van der Waals surface area contributed by atoms with Crippen LogP contribution in [0.15, 0.2) is 63.4 Å². The van der Waals surface area contributed by atoms with Crippen LogP contribution in [0.25, 0.3) is 16.6 Å². The second-order valence-corrected chi connectivity index (χ2v) is 5.86. The molecule has 140 valence electrons. The highest BCUT2D eigenvalue weighted by Crippen LogP contribution is 2.27. The molecule has 0 spiro atoms. The first kappa shape index (κ1) is 18.4. The van der Waals surface area contributed by atoms with Gasteiger partial charge in [0.2, 0.25) is 0 Å². The molecule has 0 N–H and O–H groups in total. The molecule has 0 radical (unpaired) electrons. The molecule has 0 atom stereocenters. The number of aromatic nitrogens is 3. The van der Waals surface area contributed by atoms with E-state index in [0.29, 0.717) is 26.1 Å². The second-order valence-electron chi connectivity index (χ2n) is 5.86. The predicted molar refractivity (Wildman–Crippen MR) is 94.2 cm³/mol. The number of rotatable bonds is 3. The van der Waals surface area contributed by atoms with Crippen molar-refractivity contribution in [2.24, 2.45) is 7.05 Å². The summed E-state index contributed by atoms with van der Waals surface area (Å²) in [6.07, 6.45) is -3.32. The Morgan fingerprint density at radius 1 is 1.04 bits per heavy atom. The molecule has 0 fully saturated rings. The van der Waals surface area contributed by atoms with Crippen molar-refractivity contribution in [1.29, 1.82) is 0 Å². The average molecular weight is 377 g/mol. The van der Waals surface area contributed by atoms with Crippen molar-refractivity contribution in [1.82, 2.24) is 13.7 Å². The summed E-state index contributed by atoms with van der Waals surface area (Å²) in [5.41, 5.74) is -3.41. The van der Waals surface area contributed by atoms with Crippen LogP contribution in [-0.2, 0) is 19.8 Å².